The molecule has 2 nitrogen and oxygen atoms in total. The Labute approximate surface area is 98.3 Å². The van der Waals surface area contributed by atoms with Crippen LogP contribution in [-0.4, -0.2) is 11.2 Å². The Morgan fingerprint density at radius 1 is 1.19 bits per heavy atom. The molecule has 2 aromatic carbocycles. The van der Waals surface area contributed by atoms with E-state index in [4.69, 9.17) is 0 Å². The van der Waals surface area contributed by atoms with Gasteiger partial charge in [-0.25, -0.2) is 0 Å². The summed E-state index contributed by atoms with van der Waals surface area (Å²) in [5.41, 5.74) is 0. The Balaban J connectivity index is 2.29. The fourth-order valence-corrected chi connectivity index (χ4v) is 2.34. The van der Waals surface area contributed by atoms with E-state index < -0.39 is 11.2 Å². The van der Waals surface area contributed by atoms with Crippen LogP contribution in [0, 0.1) is 0 Å². The molecular weight excluding hydrogens is 220 g/mol. The van der Waals surface area contributed by atoms with E-state index in [1.165, 1.54) is 11.8 Å². The molecule has 0 aliphatic rings. The lowest BCUT2D eigenvalue weighted by Gasteiger charge is -2.12. The standard InChI is InChI=1S/C13H12O2S/c1-9(13(14)15)16-12-7-6-10-4-2-3-5-11(10)8-12/h2-9H,1H3,(H,14,15)/p-1/t9-/m0/s1. The van der Waals surface area contributed by atoms with E-state index >= 15 is 0 Å². The van der Waals surface area contributed by atoms with Gasteiger partial charge < -0.3 is 9.90 Å². The number of rotatable bonds is 3. The minimum atomic E-state index is -1.03. The van der Waals surface area contributed by atoms with Crippen molar-refractivity contribution in [1.29, 1.82) is 0 Å². The van der Waals surface area contributed by atoms with Gasteiger partial charge in [-0.1, -0.05) is 30.3 Å². The molecule has 0 aliphatic carbocycles. The maximum Gasteiger partial charge on any atom is 0.0545 e. The summed E-state index contributed by atoms with van der Waals surface area (Å²) in [5.74, 6) is -1.03. The second kappa shape index (κ2) is 4.58. The van der Waals surface area contributed by atoms with Gasteiger partial charge in [0.2, 0.25) is 0 Å². The van der Waals surface area contributed by atoms with Gasteiger partial charge in [-0.05, 0) is 29.8 Å². The van der Waals surface area contributed by atoms with Crippen molar-refractivity contribution in [3.8, 4) is 0 Å². The summed E-state index contributed by atoms with van der Waals surface area (Å²) < 4.78 is 0. The minimum absolute atomic E-state index is 0.527. The lowest BCUT2D eigenvalue weighted by Crippen LogP contribution is -2.31. The molecule has 0 unspecified atom stereocenters. The largest absolute Gasteiger partial charge is 0.549 e. The molecule has 82 valence electrons. The Kier molecular flexibility index (Phi) is 3.15. The van der Waals surface area contributed by atoms with Gasteiger partial charge in [0.25, 0.3) is 0 Å². The fraction of sp³-hybridized carbons (Fsp3) is 0.154. The van der Waals surface area contributed by atoms with Crippen molar-refractivity contribution >= 4 is 28.5 Å². The van der Waals surface area contributed by atoms with Crippen LogP contribution in [0.2, 0.25) is 0 Å². The molecular formula is C13H11O2S-. The van der Waals surface area contributed by atoms with Crippen LogP contribution in [0.4, 0.5) is 0 Å². The molecule has 0 bridgehead atoms. The molecule has 0 fully saturated rings. The van der Waals surface area contributed by atoms with E-state index in [9.17, 15) is 9.90 Å². The number of carbonyl (C=O) groups excluding carboxylic acids is 1. The van der Waals surface area contributed by atoms with Gasteiger partial charge in [0, 0.05) is 10.1 Å². The maximum absolute atomic E-state index is 10.6. The predicted octanol–water partition coefficient (Wildman–Crippen LogP) is 2.07. The first-order valence-electron chi connectivity index (χ1n) is 5.03. The van der Waals surface area contributed by atoms with Crippen molar-refractivity contribution in [2.75, 3.05) is 0 Å². The van der Waals surface area contributed by atoms with Gasteiger partial charge in [0.1, 0.15) is 0 Å². The smallest absolute Gasteiger partial charge is 0.0545 e. The number of benzene rings is 2. The molecule has 0 radical (unpaired) electrons. The van der Waals surface area contributed by atoms with Crippen molar-refractivity contribution in [3.63, 3.8) is 0 Å². The van der Waals surface area contributed by atoms with Crippen LogP contribution in [0.15, 0.2) is 47.4 Å². The molecule has 0 spiro atoms. The molecule has 0 N–H and O–H groups in total. The highest BCUT2D eigenvalue weighted by atomic mass is 32.2. The molecule has 2 aromatic rings. The van der Waals surface area contributed by atoms with Gasteiger partial charge >= 0.3 is 0 Å². The Bertz CT molecular complexity index is 522. The van der Waals surface area contributed by atoms with E-state index in [1.807, 2.05) is 42.5 Å². The van der Waals surface area contributed by atoms with Crippen LogP contribution >= 0.6 is 11.8 Å². The second-order valence-corrected chi connectivity index (χ2v) is 5.00. The van der Waals surface area contributed by atoms with E-state index in [0.29, 0.717) is 0 Å². The number of carbonyl (C=O) groups is 1. The average molecular weight is 231 g/mol. The highest BCUT2D eigenvalue weighted by Crippen LogP contribution is 2.26. The molecule has 0 amide bonds. The normalized spacial score (nSPS) is 12.6. The van der Waals surface area contributed by atoms with Gasteiger partial charge in [0.05, 0.1) is 5.97 Å². The molecule has 1 atom stereocenters. The highest BCUT2D eigenvalue weighted by molar-refractivity contribution is 8.00. The van der Waals surface area contributed by atoms with Crippen molar-refractivity contribution in [2.24, 2.45) is 0 Å². The summed E-state index contributed by atoms with van der Waals surface area (Å²) >= 11 is 1.30. The van der Waals surface area contributed by atoms with Crippen LogP contribution in [0.5, 0.6) is 0 Å². The van der Waals surface area contributed by atoms with Crippen molar-refractivity contribution in [3.05, 3.63) is 42.5 Å². The topological polar surface area (TPSA) is 40.1 Å². The zero-order valence-electron chi connectivity index (χ0n) is 8.84. The minimum Gasteiger partial charge on any atom is -0.549 e. The quantitative estimate of drug-likeness (QED) is 0.759. The molecule has 0 aliphatic heterocycles. The summed E-state index contributed by atoms with van der Waals surface area (Å²) in [6, 6.07) is 13.9. The lowest BCUT2D eigenvalue weighted by molar-refractivity contribution is -0.304. The summed E-state index contributed by atoms with van der Waals surface area (Å²) in [7, 11) is 0. The Hall–Kier alpha value is -1.48. The number of hydrogen-bond acceptors (Lipinski definition) is 3. The zero-order valence-corrected chi connectivity index (χ0v) is 9.66. The van der Waals surface area contributed by atoms with Gasteiger partial charge in [-0.2, -0.15) is 0 Å². The highest BCUT2D eigenvalue weighted by Gasteiger charge is 2.05. The predicted molar refractivity (Wildman–Crippen MR) is 64.3 cm³/mol. The number of fused-ring (bicyclic) bond motifs is 1. The van der Waals surface area contributed by atoms with Crippen LogP contribution < -0.4 is 5.11 Å². The van der Waals surface area contributed by atoms with Crippen LogP contribution in [-0.2, 0) is 4.79 Å². The van der Waals surface area contributed by atoms with Crippen molar-refractivity contribution in [2.45, 2.75) is 17.1 Å². The molecule has 3 heteroatoms. The fourth-order valence-electron chi connectivity index (χ4n) is 1.49. The number of carboxylic acids is 1. The van der Waals surface area contributed by atoms with E-state index in [2.05, 4.69) is 0 Å². The monoisotopic (exact) mass is 231 g/mol. The Morgan fingerprint density at radius 3 is 2.56 bits per heavy atom. The van der Waals surface area contributed by atoms with Gasteiger partial charge in [-0.3, -0.25) is 0 Å². The summed E-state index contributed by atoms with van der Waals surface area (Å²) in [4.78, 5) is 11.6. The average Bonchev–Trinajstić information content (AvgIpc) is 2.28. The summed E-state index contributed by atoms with van der Waals surface area (Å²) in [5, 5.41) is 12.4. The zero-order chi connectivity index (χ0) is 11.5. The van der Waals surface area contributed by atoms with Crippen LogP contribution in [0.1, 0.15) is 6.92 Å². The van der Waals surface area contributed by atoms with Crippen molar-refractivity contribution < 1.29 is 9.90 Å². The number of aliphatic carboxylic acids is 1. The van der Waals surface area contributed by atoms with E-state index in [-0.39, 0.29) is 0 Å². The SMILES string of the molecule is C[C@H](Sc1ccc2ccccc2c1)C(=O)[O-]. The van der Waals surface area contributed by atoms with Crippen LogP contribution in [0.3, 0.4) is 0 Å². The van der Waals surface area contributed by atoms with E-state index in [0.717, 1.165) is 15.7 Å². The van der Waals surface area contributed by atoms with Gasteiger partial charge in [0.15, 0.2) is 0 Å². The second-order valence-electron chi connectivity index (χ2n) is 3.59. The lowest BCUT2D eigenvalue weighted by atomic mass is 10.1. The third kappa shape index (κ3) is 2.36. The molecule has 0 aromatic heterocycles. The molecule has 16 heavy (non-hydrogen) atoms. The molecule has 0 saturated heterocycles. The van der Waals surface area contributed by atoms with Crippen molar-refractivity contribution in [1.82, 2.24) is 0 Å². The van der Waals surface area contributed by atoms with Gasteiger partial charge in [-0.15, -0.1) is 11.8 Å². The first-order chi connectivity index (χ1) is 7.66. The third-order valence-electron chi connectivity index (χ3n) is 2.37. The first-order valence-corrected chi connectivity index (χ1v) is 5.91. The first kappa shape index (κ1) is 11.0. The molecule has 0 heterocycles. The number of hydrogen-bond donors (Lipinski definition) is 0. The summed E-state index contributed by atoms with van der Waals surface area (Å²) in [6.45, 7) is 1.63. The molecule has 0 saturated carbocycles. The maximum atomic E-state index is 10.6. The van der Waals surface area contributed by atoms with E-state index in [1.54, 1.807) is 6.92 Å². The van der Waals surface area contributed by atoms with Crippen LogP contribution in [0.25, 0.3) is 10.8 Å². The number of thioether (sulfide) groups is 1. The Morgan fingerprint density at radius 2 is 1.88 bits per heavy atom. The third-order valence-corrected chi connectivity index (χ3v) is 3.44. The molecule has 2 rings (SSSR count). The summed E-state index contributed by atoms with van der Waals surface area (Å²) in [6.07, 6.45) is 0. The number of carboxylic acid groups (broad SMARTS) is 1.